The number of benzene rings is 1. The van der Waals surface area contributed by atoms with Crippen LogP contribution >= 0.6 is 0 Å². The standard InChI is InChI=1S/C19H16F4N4O2/c20-12-5-3-11(4-6-12)10-24-18(28)14-9-17-25-13(15-2-1-7-29-15)8-16(19(21,22)23)27(17)26-14/h1-7,9,13,16,25H,8,10H2,(H,24,28)/t13-,16+/m0/s1. The van der Waals surface area contributed by atoms with Crippen LogP contribution in [0.1, 0.15) is 40.3 Å². The maximum absolute atomic E-state index is 13.6. The number of halogens is 4. The molecule has 1 aliphatic heterocycles. The number of fused-ring (bicyclic) bond motifs is 1. The van der Waals surface area contributed by atoms with E-state index in [9.17, 15) is 22.4 Å². The molecule has 0 spiro atoms. The summed E-state index contributed by atoms with van der Waals surface area (Å²) in [6.45, 7) is 0.0897. The summed E-state index contributed by atoms with van der Waals surface area (Å²) in [5.41, 5.74) is 0.497. The monoisotopic (exact) mass is 408 g/mol. The first-order chi connectivity index (χ1) is 13.8. The van der Waals surface area contributed by atoms with E-state index in [1.165, 1.54) is 36.6 Å². The van der Waals surface area contributed by atoms with Crippen molar-refractivity contribution in [2.75, 3.05) is 5.32 Å². The second-order valence-electron chi connectivity index (χ2n) is 6.67. The Morgan fingerprint density at radius 3 is 2.69 bits per heavy atom. The second-order valence-corrected chi connectivity index (χ2v) is 6.67. The Morgan fingerprint density at radius 2 is 2.03 bits per heavy atom. The SMILES string of the molecule is O=C(NCc1ccc(F)cc1)c1cc2n(n1)[C@@H](C(F)(F)F)C[C@@H](c1ccco1)N2. The summed E-state index contributed by atoms with van der Waals surface area (Å²) in [5, 5.41) is 9.39. The molecule has 0 unspecified atom stereocenters. The van der Waals surface area contributed by atoms with E-state index >= 15 is 0 Å². The van der Waals surface area contributed by atoms with Gasteiger partial charge in [0.1, 0.15) is 17.4 Å². The molecule has 3 aromatic rings. The molecule has 1 aromatic carbocycles. The average Bonchev–Trinajstić information content (AvgIpc) is 3.35. The number of rotatable bonds is 4. The molecule has 0 aliphatic carbocycles. The molecule has 0 saturated heterocycles. The highest BCUT2D eigenvalue weighted by Gasteiger charge is 2.47. The molecule has 0 radical (unpaired) electrons. The zero-order valence-corrected chi connectivity index (χ0v) is 14.9. The van der Waals surface area contributed by atoms with Crippen molar-refractivity contribution in [3.05, 3.63) is 71.6 Å². The van der Waals surface area contributed by atoms with E-state index in [0.29, 0.717) is 11.3 Å². The fourth-order valence-electron chi connectivity index (χ4n) is 3.24. The van der Waals surface area contributed by atoms with Crippen LogP contribution in [-0.4, -0.2) is 21.9 Å². The molecular formula is C19H16F4N4O2. The van der Waals surface area contributed by atoms with Crippen LogP contribution in [-0.2, 0) is 6.54 Å². The zero-order chi connectivity index (χ0) is 20.6. The topological polar surface area (TPSA) is 72.1 Å². The summed E-state index contributed by atoms with van der Waals surface area (Å²) < 4.78 is 59.8. The Kier molecular flexibility index (Phi) is 4.77. The van der Waals surface area contributed by atoms with Crippen LogP contribution in [0, 0.1) is 5.82 Å². The first-order valence-corrected chi connectivity index (χ1v) is 8.80. The number of furan rings is 1. The van der Waals surface area contributed by atoms with E-state index in [2.05, 4.69) is 15.7 Å². The highest BCUT2D eigenvalue weighted by Crippen LogP contribution is 2.43. The molecule has 3 heterocycles. The van der Waals surface area contributed by atoms with Crippen LogP contribution in [0.4, 0.5) is 23.4 Å². The van der Waals surface area contributed by atoms with Crippen LogP contribution in [0.3, 0.4) is 0 Å². The summed E-state index contributed by atoms with van der Waals surface area (Å²) in [5.74, 6) is -0.591. The number of carbonyl (C=O) groups excluding carboxylic acids is 1. The number of carbonyl (C=O) groups is 1. The minimum absolute atomic E-state index is 0.0758. The molecule has 0 saturated carbocycles. The van der Waals surface area contributed by atoms with Gasteiger partial charge in [0.2, 0.25) is 0 Å². The molecule has 29 heavy (non-hydrogen) atoms. The van der Waals surface area contributed by atoms with Crippen molar-refractivity contribution in [2.24, 2.45) is 0 Å². The van der Waals surface area contributed by atoms with E-state index < -0.39 is 30.0 Å². The van der Waals surface area contributed by atoms with Gasteiger partial charge in [0, 0.05) is 19.0 Å². The van der Waals surface area contributed by atoms with Crippen molar-refractivity contribution < 1.29 is 26.8 Å². The lowest BCUT2D eigenvalue weighted by molar-refractivity contribution is -0.174. The first kappa shape index (κ1) is 19.0. The smallest absolute Gasteiger partial charge is 0.410 e. The zero-order valence-electron chi connectivity index (χ0n) is 14.9. The van der Waals surface area contributed by atoms with Crippen molar-refractivity contribution in [1.82, 2.24) is 15.1 Å². The fourth-order valence-corrected chi connectivity index (χ4v) is 3.24. The number of nitrogens with zero attached hydrogens (tertiary/aromatic N) is 2. The summed E-state index contributed by atoms with van der Waals surface area (Å²) in [6.07, 6.45) is -3.47. The summed E-state index contributed by atoms with van der Waals surface area (Å²) in [6, 6.07) is 7.38. The highest BCUT2D eigenvalue weighted by molar-refractivity contribution is 5.93. The summed E-state index contributed by atoms with van der Waals surface area (Å²) >= 11 is 0. The number of aromatic nitrogens is 2. The van der Waals surface area contributed by atoms with Crippen molar-refractivity contribution >= 4 is 11.7 Å². The van der Waals surface area contributed by atoms with E-state index in [0.717, 1.165) is 4.68 Å². The van der Waals surface area contributed by atoms with Gasteiger partial charge < -0.3 is 15.1 Å². The Balaban J connectivity index is 1.55. The van der Waals surface area contributed by atoms with Gasteiger partial charge in [-0.1, -0.05) is 12.1 Å². The molecule has 2 aromatic heterocycles. The minimum atomic E-state index is -4.55. The third kappa shape index (κ3) is 3.96. The molecule has 152 valence electrons. The molecule has 10 heteroatoms. The van der Waals surface area contributed by atoms with Crippen molar-refractivity contribution in [2.45, 2.75) is 31.2 Å². The largest absolute Gasteiger partial charge is 0.467 e. The molecule has 2 N–H and O–H groups in total. The maximum atomic E-state index is 13.6. The normalized spacial score (nSPS) is 18.8. The van der Waals surface area contributed by atoms with Crippen LogP contribution in [0.2, 0.25) is 0 Å². The third-order valence-electron chi connectivity index (χ3n) is 4.68. The fraction of sp³-hybridized carbons (Fsp3) is 0.263. The average molecular weight is 408 g/mol. The third-order valence-corrected chi connectivity index (χ3v) is 4.68. The van der Waals surface area contributed by atoms with Gasteiger partial charge in [0.25, 0.3) is 5.91 Å². The van der Waals surface area contributed by atoms with Crippen LogP contribution < -0.4 is 10.6 Å². The van der Waals surface area contributed by atoms with Gasteiger partial charge in [-0.3, -0.25) is 4.79 Å². The van der Waals surface area contributed by atoms with Crippen molar-refractivity contribution in [1.29, 1.82) is 0 Å². The number of nitrogens with one attached hydrogen (secondary N) is 2. The first-order valence-electron chi connectivity index (χ1n) is 8.80. The Hall–Kier alpha value is -3.30. The lowest BCUT2D eigenvalue weighted by Gasteiger charge is -2.32. The molecule has 2 atom stereocenters. The Morgan fingerprint density at radius 1 is 1.28 bits per heavy atom. The Bertz CT molecular complexity index is 996. The van der Waals surface area contributed by atoms with Gasteiger partial charge >= 0.3 is 6.18 Å². The van der Waals surface area contributed by atoms with Crippen LogP contribution in [0.25, 0.3) is 0 Å². The number of hydrogen-bond acceptors (Lipinski definition) is 4. The number of amides is 1. The molecule has 0 fully saturated rings. The van der Waals surface area contributed by atoms with Gasteiger partial charge in [-0.15, -0.1) is 0 Å². The van der Waals surface area contributed by atoms with E-state index in [1.807, 2.05) is 0 Å². The summed E-state index contributed by atoms with van der Waals surface area (Å²) in [4.78, 5) is 12.4. The molecule has 1 aliphatic rings. The predicted molar refractivity (Wildman–Crippen MR) is 94.6 cm³/mol. The van der Waals surface area contributed by atoms with E-state index in [1.54, 1.807) is 12.1 Å². The molecule has 4 rings (SSSR count). The minimum Gasteiger partial charge on any atom is -0.467 e. The van der Waals surface area contributed by atoms with E-state index in [-0.39, 0.29) is 24.5 Å². The van der Waals surface area contributed by atoms with Crippen LogP contribution in [0.5, 0.6) is 0 Å². The highest BCUT2D eigenvalue weighted by atomic mass is 19.4. The van der Waals surface area contributed by atoms with E-state index in [4.69, 9.17) is 4.42 Å². The van der Waals surface area contributed by atoms with Gasteiger partial charge in [-0.05, 0) is 29.8 Å². The molecule has 0 bridgehead atoms. The van der Waals surface area contributed by atoms with Crippen molar-refractivity contribution in [3.8, 4) is 0 Å². The number of alkyl halides is 3. The van der Waals surface area contributed by atoms with Gasteiger partial charge in [0.15, 0.2) is 11.7 Å². The van der Waals surface area contributed by atoms with Crippen molar-refractivity contribution in [3.63, 3.8) is 0 Å². The lowest BCUT2D eigenvalue weighted by atomic mass is 10.0. The van der Waals surface area contributed by atoms with Gasteiger partial charge in [0.05, 0.1) is 12.3 Å². The molecule has 6 nitrogen and oxygen atoms in total. The van der Waals surface area contributed by atoms with Gasteiger partial charge in [-0.25, -0.2) is 9.07 Å². The lowest BCUT2D eigenvalue weighted by Crippen LogP contribution is -2.35. The summed E-state index contributed by atoms with van der Waals surface area (Å²) in [7, 11) is 0. The molecular weight excluding hydrogens is 392 g/mol. The Labute approximate surface area is 162 Å². The molecule has 1 amide bonds. The van der Waals surface area contributed by atoms with Crippen LogP contribution in [0.15, 0.2) is 53.1 Å². The van der Waals surface area contributed by atoms with Gasteiger partial charge in [-0.2, -0.15) is 18.3 Å². The maximum Gasteiger partial charge on any atom is 0.410 e. The predicted octanol–water partition coefficient (Wildman–Crippen LogP) is 4.21. The quantitative estimate of drug-likeness (QED) is 0.635. The second kappa shape index (κ2) is 7.26. The number of hydrogen-bond donors (Lipinski definition) is 2. The number of anilines is 1.